The molecule has 0 aliphatic carbocycles. The number of aliphatic hydroxyl groups excluding tert-OH is 1. The summed E-state index contributed by atoms with van der Waals surface area (Å²) in [4.78, 5) is 3.18. The molecule has 0 aromatic heterocycles. The van der Waals surface area contributed by atoms with Gasteiger partial charge in [-0.15, -0.1) is 0 Å². The highest BCUT2D eigenvalue weighted by Crippen LogP contribution is 2.40. The molecule has 1 aliphatic rings. The molecule has 5 rings (SSSR count). The molecular weight excluding hydrogens is 639 g/mol. The molecule has 49 heavy (non-hydrogen) atoms. The molecule has 0 radical (unpaired) electrons. The van der Waals surface area contributed by atoms with Gasteiger partial charge in [-0.2, -0.15) is 0 Å². The average molecular weight is 684 g/mol. The van der Waals surface area contributed by atoms with Crippen LogP contribution in [-0.2, 0) is 31.9 Å². The van der Waals surface area contributed by atoms with Crippen molar-refractivity contribution in [2.75, 3.05) is 20.8 Å². The highest BCUT2D eigenvalue weighted by atomic mass is 28.4. The lowest BCUT2D eigenvalue weighted by Gasteiger charge is -2.49. The van der Waals surface area contributed by atoms with Gasteiger partial charge in [0, 0.05) is 4.91 Å². The SMILES string of the molecule is COc1ccc(COCC2OC(O[Si](c3ccccc3)(c3ccccc3)C(C)(C)C)C(N=[N+]=[N-])C(OCc3ccc(OC)cc3)C2O)cc1. The zero-order valence-electron chi connectivity index (χ0n) is 28.6. The number of hydrogen-bond donors (Lipinski definition) is 1. The van der Waals surface area contributed by atoms with E-state index >= 15 is 0 Å². The number of aliphatic hydroxyl groups is 1. The molecule has 258 valence electrons. The van der Waals surface area contributed by atoms with Crippen molar-refractivity contribution in [3.05, 3.63) is 131 Å². The smallest absolute Gasteiger partial charge is 0.264 e. The second kappa shape index (κ2) is 16.5. The van der Waals surface area contributed by atoms with E-state index in [0.29, 0.717) is 0 Å². The van der Waals surface area contributed by atoms with E-state index in [9.17, 15) is 10.6 Å². The van der Waals surface area contributed by atoms with E-state index in [1.165, 1.54) is 0 Å². The normalized spacial score (nSPS) is 21.1. The molecule has 10 nitrogen and oxygen atoms in total. The summed E-state index contributed by atoms with van der Waals surface area (Å²) in [5.41, 5.74) is 11.6. The van der Waals surface area contributed by atoms with Crippen LogP contribution in [0.15, 0.2) is 114 Å². The minimum atomic E-state index is -3.19. The van der Waals surface area contributed by atoms with Crippen molar-refractivity contribution in [1.82, 2.24) is 0 Å². The van der Waals surface area contributed by atoms with Crippen molar-refractivity contribution in [3.8, 4) is 11.5 Å². The summed E-state index contributed by atoms with van der Waals surface area (Å²) in [6.07, 6.45) is -4.08. The summed E-state index contributed by atoms with van der Waals surface area (Å²) in [6, 6.07) is 34.3. The molecule has 0 spiro atoms. The van der Waals surface area contributed by atoms with Crippen LogP contribution in [0.3, 0.4) is 0 Å². The maximum atomic E-state index is 11.8. The van der Waals surface area contributed by atoms with Gasteiger partial charge in [0.25, 0.3) is 8.32 Å². The summed E-state index contributed by atoms with van der Waals surface area (Å²) in [7, 11) is 0.0375. The Kier molecular flexibility index (Phi) is 12.1. The van der Waals surface area contributed by atoms with Crippen molar-refractivity contribution < 1.29 is 33.2 Å². The van der Waals surface area contributed by atoms with Crippen molar-refractivity contribution in [2.45, 2.75) is 69.7 Å². The van der Waals surface area contributed by atoms with Crippen molar-refractivity contribution in [3.63, 3.8) is 0 Å². The van der Waals surface area contributed by atoms with Crippen LogP contribution in [0, 0.1) is 0 Å². The predicted molar refractivity (Wildman–Crippen MR) is 191 cm³/mol. The number of hydrogen-bond acceptors (Lipinski definition) is 8. The fraction of sp³-hybridized carbons (Fsp3) is 0.368. The van der Waals surface area contributed by atoms with Gasteiger partial charge in [-0.05, 0) is 56.3 Å². The lowest BCUT2D eigenvalue weighted by Crippen LogP contribution is -2.71. The largest absolute Gasteiger partial charge is 0.497 e. The van der Waals surface area contributed by atoms with E-state index in [1.54, 1.807) is 14.2 Å². The van der Waals surface area contributed by atoms with Gasteiger partial charge >= 0.3 is 0 Å². The Morgan fingerprint density at radius 2 is 1.29 bits per heavy atom. The third-order valence-electron chi connectivity index (χ3n) is 8.85. The Morgan fingerprint density at radius 3 is 1.76 bits per heavy atom. The van der Waals surface area contributed by atoms with Crippen LogP contribution in [0.5, 0.6) is 11.5 Å². The van der Waals surface area contributed by atoms with Crippen LogP contribution in [-0.4, -0.2) is 64.9 Å². The van der Waals surface area contributed by atoms with Crippen LogP contribution >= 0.6 is 0 Å². The first-order chi connectivity index (χ1) is 23.7. The number of methoxy groups -OCH3 is 2. The van der Waals surface area contributed by atoms with Crippen LogP contribution in [0.2, 0.25) is 5.04 Å². The molecule has 1 N–H and O–H groups in total. The van der Waals surface area contributed by atoms with Gasteiger partial charge in [0.05, 0.1) is 40.1 Å². The monoisotopic (exact) mass is 683 g/mol. The molecule has 0 saturated carbocycles. The summed E-state index contributed by atoms with van der Waals surface area (Å²) in [5, 5.41) is 17.6. The summed E-state index contributed by atoms with van der Waals surface area (Å²) in [6.45, 7) is 6.95. The molecule has 1 heterocycles. The van der Waals surface area contributed by atoms with E-state index in [-0.39, 0.29) is 19.8 Å². The maximum absolute atomic E-state index is 11.8. The highest BCUT2D eigenvalue weighted by Gasteiger charge is 2.55. The quantitative estimate of drug-likeness (QED) is 0.0732. The molecule has 0 amide bonds. The van der Waals surface area contributed by atoms with E-state index in [1.807, 2.05) is 84.9 Å². The standard InChI is InChI=1S/C38H45N3O7Si/c1-38(2,3)49(31-12-8-6-9-13-31,32-14-10-7-11-15-32)48-37-34(40-41-39)36(46-25-28-18-22-30(44-5)23-19-28)35(42)33(47-37)26-45-24-27-16-20-29(43-4)21-17-27/h6-23,33-37,42H,24-26H2,1-5H3. The van der Waals surface area contributed by atoms with Gasteiger partial charge in [0.1, 0.15) is 29.7 Å². The Balaban J connectivity index is 1.51. The fourth-order valence-electron chi connectivity index (χ4n) is 6.31. The first kappa shape index (κ1) is 36.1. The minimum Gasteiger partial charge on any atom is -0.497 e. The summed E-state index contributed by atoms with van der Waals surface area (Å²) >= 11 is 0. The van der Waals surface area contributed by atoms with Crippen LogP contribution in [0.4, 0.5) is 0 Å². The highest BCUT2D eigenvalue weighted by molar-refractivity contribution is 6.99. The van der Waals surface area contributed by atoms with E-state index in [2.05, 4.69) is 55.1 Å². The molecule has 0 bridgehead atoms. The van der Waals surface area contributed by atoms with Gasteiger partial charge < -0.3 is 33.2 Å². The average Bonchev–Trinajstić information content (AvgIpc) is 3.12. The van der Waals surface area contributed by atoms with E-state index in [0.717, 1.165) is 33.0 Å². The Morgan fingerprint density at radius 1 is 0.776 bits per heavy atom. The van der Waals surface area contributed by atoms with Gasteiger partial charge in [0.2, 0.25) is 0 Å². The zero-order valence-corrected chi connectivity index (χ0v) is 29.6. The molecule has 5 unspecified atom stereocenters. The molecular formula is C38H45N3O7Si. The van der Waals surface area contributed by atoms with Crippen molar-refractivity contribution in [2.24, 2.45) is 5.11 Å². The predicted octanol–water partition coefficient (Wildman–Crippen LogP) is 6.15. The molecule has 1 fully saturated rings. The first-order valence-electron chi connectivity index (χ1n) is 16.3. The molecule has 4 aromatic rings. The van der Waals surface area contributed by atoms with E-state index in [4.69, 9.17) is 28.1 Å². The van der Waals surface area contributed by atoms with Crippen LogP contribution in [0.25, 0.3) is 10.4 Å². The van der Waals surface area contributed by atoms with Gasteiger partial charge in [-0.25, -0.2) is 0 Å². The third kappa shape index (κ3) is 8.34. The minimum absolute atomic E-state index is 0.0409. The van der Waals surface area contributed by atoms with Gasteiger partial charge in [-0.3, -0.25) is 0 Å². The second-order valence-corrected chi connectivity index (χ2v) is 17.2. The fourth-order valence-corrected chi connectivity index (χ4v) is 10.9. The number of benzene rings is 4. The number of azide groups is 1. The van der Waals surface area contributed by atoms with Gasteiger partial charge in [0.15, 0.2) is 6.29 Å². The lowest BCUT2D eigenvalue weighted by molar-refractivity contribution is -0.256. The molecule has 1 aliphatic heterocycles. The Labute approximate surface area is 289 Å². The second-order valence-electron chi connectivity index (χ2n) is 13.0. The summed E-state index contributed by atoms with van der Waals surface area (Å²) in [5.74, 6) is 1.47. The summed E-state index contributed by atoms with van der Waals surface area (Å²) < 4.78 is 37.0. The van der Waals surface area contributed by atoms with E-state index < -0.39 is 44.0 Å². The molecule has 1 saturated heterocycles. The number of ether oxygens (including phenoxy) is 5. The topological polar surface area (TPSA) is 124 Å². The Hall–Kier alpha value is -4.19. The lowest BCUT2D eigenvalue weighted by atomic mass is 9.97. The Bertz CT molecular complexity index is 1610. The molecule has 5 atom stereocenters. The van der Waals surface area contributed by atoms with Crippen LogP contribution in [0.1, 0.15) is 31.9 Å². The molecule has 11 heteroatoms. The van der Waals surface area contributed by atoms with Crippen LogP contribution < -0.4 is 19.8 Å². The molecule has 4 aromatic carbocycles. The zero-order chi connectivity index (χ0) is 34.9. The van der Waals surface area contributed by atoms with Gasteiger partial charge in [-0.1, -0.05) is 111 Å². The first-order valence-corrected chi connectivity index (χ1v) is 18.2. The van der Waals surface area contributed by atoms with Crippen molar-refractivity contribution in [1.29, 1.82) is 0 Å². The maximum Gasteiger partial charge on any atom is 0.264 e. The number of nitrogens with zero attached hydrogens (tertiary/aromatic N) is 3. The van der Waals surface area contributed by atoms with Crippen molar-refractivity contribution >= 4 is 18.7 Å². The third-order valence-corrected chi connectivity index (χ3v) is 13.8. The number of rotatable bonds is 14.